The third-order valence-corrected chi connectivity index (χ3v) is 3.59. The van der Waals surface area contributed by atoms with Crippen molar-refractivity contribution < 1.29 is 19.4 Å². The predicted octanol–water partition coefficient (Wildman–Crippen LogP) is 2.66. The van der Waals surface area contributed by atoms with Gasteiger partial charge in [-0.15, -0.1) is 0 Å². The Bertz CT molecular complexity index is 722. The molecule has 1 N–H and O–H groups in total. The molecule has 0 aliphatic heterocycles. The summed E-state index contributed by atoms with van der Waals surface area (Å²) in [6.45, 7) is 0.320. The second-order valence-electron chi connectivity index (χ2n) is 4.75. The summed E-state index contributed by atoms with van der Waals surface area (Å²) in [7, 11) is 0. The van der Waals surface area contributed by atoms with E-state index in [0.717, 1.165) is 5.56 Å². The van der Waals surface area contributed by atoms with Crippen molar-refractivity contribution in [2.24, 2.45) is 0 Å². The molecule has 1 aliphatic carbocycles. The minimum Gasteiger partial charge on any atom is -0.489 e. The van der Waals surface area contributed by atoms with E-state index in [9.17, 15) is 14.7 Å². The third kappa shape index (κ3) is 2.55. The quantitative estimate of drug-likeness (QED) is 0.885. The lowest BCUT2D eigenvalue weighted by Gasteiger charge is -2.07. The van der Waals surface area contributed by atoms with Crippen LogP contribution in [0.2, 0.25) is 5.02 Å². The first-order valence-corrected chi connectivity index (χ1v) is 6.72. The topological polar surface area (TPSA) is 63.6 Å². The zero-order valence-electron chi connectivity index (χ0n) is 10.9. The van der Waals surface area contributed by atoms with E-state index in [4.69, 9.17) is 16.3 Å². The van der Waals surface area contributed by atoms with Crippen LogP contribution < -0.4 is 4.74 Å². The van der Waals surface area contributed by atoms with Crippen molar-refractivity contribution in [3.05, 3.63) is 64.2 Å². The summed E-state index contributed by atoms with van der Waals surface area (Å²) in [5.74, 6) is -0.662. The lowest BCUT2D eigenvalue weighted by Crippen LogP contribution is -2.20. The van der Waals surface area contributed by atoms with Crippen LogP contribution in [0.4, 0.5) is 0 Å². The highest BCUT2D eigenvalue weighted by Crippen LogP contribution is 2.27. The second kappa shape index (κ2) is 5.31. The van der Waals surface area contributed by atoms with Crippen LogP contribution in [0.15, 0.2) is 42.5 Å². The van der Waals surface area contributed by atoms with Gasteiger partial charge in [0.2, 0.25) is 0 Å². The van der Waals surface area contributed by atoms with Gasteiger partial charge in [-0.25, -0.2) is 0 Å². The molecule has 0 spiro atoms. The van der Waals surface area contributed by atoms with Gasteiger partial charge in [0.25, 0.3) is 0 Å². The monoisotopic (exact) mass is 302 g/mol. The number of halogens is 1. The van der Waals surface area contributed by atoms with Gasteiger partial charge < -0.3 is 9.84 Å². The summed E-state index contributed by atoms with van der Waals surface area (Å²) in [5, 5.41) is 10.1. The Kier molecular flexibility index (Phi) is 3.49. The van der Waals surface area contributed by atoms with Gasteiger partial charge in [0, 0.05) is 16.1 Å². The summed E-state index contributed by atoms with van der Waals surface area (Å²) in [4.78, 5) is 23.3. The van der Waals surface area contributed by atoms with E-state index in [0.29, 0.717) is 17.4 Å². The molecule has 106 valence electrons. The number of ether oxygens (including phenoxy) is 1. The van der Waals surface area contributed by atoms with Crippen LogP contribution in [0.5, 0.6) is 5.75 Å². The zero-order valence-corrected chi connectivity index (χ0v) is 11.6. The molecular weight excluding hydrogens is 292 g/mol. The van der Waals surface area contributed by atoms with E-state index in [1.54, 1.807) is 18.2 Å². The van der Waals surface area contributed by atoms with Crippen molar-refractivity contribution in [3.63, 3.8) is 0 Å². The lowest BCUT2D eigenvalue weighted by molar-refractivity contribution is 0.0663. The van der Waals surface area contributed by atoms with E-state index < -0.39 is 17.7 Å². The van der Waals surface area contributed by atoms with Crippen molar-refractivity contribution in [2.75, 3.05) is 0 Å². The molecule has 2 aromatic rings. The highest BCUT2D eigenvalue weighted by molar-refractivity contribution is 6.30. The number of benzene rings is 2. The SMILES string of the molecule is O=C1c2ccc(OCc3ccc(Cl)cc3)cc2C(=O)C1O. The van der Waals surface area contributed by atoms with Crippen LogP contribution in [0, 0.1) is 0 Å². The molecule has 1 atom stereocenters. The Morgan fingerprint density at radius 1 is 1.00 bits per heavy atom. The maximum Gasteiger partial charge on any atom is 0.200 e. The maximum atomic E-state index is 11.7. The Labute approximate surface area is 125 Å². The normalized spacial score (nSPS) is 17.0. The van der Waals surface area contributed by atoms with E-state index in [1.165, 1.54) is 12.1 Å². The van der Waals surface area contributed by atoms with Crippen LogP contribution in [-0.4, -0.2) is 22.8 Å². The number of aliphatic hydroxyl groups is 1. The van der Waals surface area contributed by atoms with Gasteiger partial charge in [0.05, 0.1) is 0 Å². The molecule has 2 aromatic carbocycles. The minimum absolute atomic E-state index is 0.209. The first-order valence-electron chi connectivity index (χ1n) is 6.34. The molecule has 1 unspecified atom stereocenters. The van der Waals surface area contributed by atoms with Gasteiger partial charge in [0.15, 0.2) is 17.7 Å². The molecule has 0 amide bonds. The van der Waals surface area contributed by atoms with E-state index in [-0.39, 0.29) is 11.1 Å². The van der Waals surface area contributed by atoms with Crippen molar-refractivity contribution in [1.29, 1.82) is 0 Å². The molecule has 21 heavy (non-hydrogen) atoms. The number of aliphatic hydroxyl groups excluding tert-OH is 1. The summed E-state index contributed by atoms with van der Waals surface area (Å²) in [6, 6.07) is 11.8. The van der Waals surface area contributed by atoms with E-state index >= 15 is 0 Å². The Balaban J connectivity index is 1.78. The third-order valence-electron chi connectivity index (χ3n) is 3.34. The Morgan fingerprint density at radius 2 is 1.67 bits per heavy atom. The number of carbonyl (C=O) groups excluding carboxylic acids is 2. The van der Waals surface area contributed by atoms with Gasteiger partial charge in [-0.3, -0.25) is 9.59 Å². The first-order chi connectivity index (χ1) is 10.1. The van der Waals surface area contributed by atoms with Crippen LogP contribution in [-0.2, 0) is 6.61 Å². The molecule has 5 heteroatoms. The van der Waals surface area contributed by atoms with E-state index in [2.05, 4.69) is 0 Å². The smallest absolute Gasteiger partial charge is 0.200 e. The maximum absolute atomic E-state index is 11.7. The molecule has 0 bridgehead atoms. The van der Waals surface area contributed by atoms with Gasteiger partial charge >= 0.3 is 0 Å². The molecule has 4 nitrogen and oxygen atoms in total. The van der Waals surface area contributed by atoms with Gasteiger partial charge in [-0.1, -0.05) is 23.7 Å². The van der Waals surface area contributed by atoms with Crippen LogP contribution in [0.3, 0.4) is 0 Å². The first kappa shape index (κ1) is 13.8. The highest BCUT2D eigenvalue weighted by atomic mass is 35.5. The lowest BCUT2D eigenvalue weighted by atomic mass is 10.1. The van der Waals surface area contributed by atoms with Gasteiger partial charge in [-0.2, -0.15) is 0 Å². The van der Waals surface area contributed by atoms with Crippen molar-refractivity contribution in [2.45, 2.75) is 12.7 Å². The number of hydrogen-bond donors (Lipinski definition) is 1. The zero-order chi connectivity index (χ0) is 15.0. The fourth-order valence-electron chi connectivity index (χ4n) is 2.19. The number of carbonyl (C=O) groups is 2. The average molecular weight is 303 g/mol. The van der Waals surface area contributed by atoms with E-state index in [1.807, 2.05) is 12.1 Å². The molecule has 0 saturated carbocycles. The number of fused-ring (bicyclic) bond motifs is 1. The molecule has 0 radical (unpaired) electrons. The molecule has 0 heterocycles. The van der Waals surface area contributed by atoms with Gasteiger partial charge in [-0.05, 0) is 35.9 Å². The fraction of sp³-hybridized carbons (Fsp3) is 0.125. The summed E-state index contributed by atoms with van der Waals surface area (Å²) in [5.41, 5.74) is 1.38. The summed E-state index contributed by atoms with van der Waals surface area (Å²) >= 11 is 5.80. The Morgan fingerprint density at radius 3 is 2.38 bits per heavy atom. The molecule has 0 saturated heterocycles. The summed E-state index contributed by atoms with van der Waals surface area (Å²) < 4.78 is 5.59. The van der Waals surface area contributed by atoms with Crippen LogP contribution >= 0.6 is 11.6 Å². The largest absolute Gasteiger partial charge is 0.489 e. The second-order valence-corrected chi connectivity index (χ2v) is 5.19. The van der Waals surface area contributed by atoms with Crippen LogP contribution in [0.25, 0.3) is 0 Å². The van der Waals surface area contributed by atoms with Gasteiger partial charge in [0.1, 0.15) is 12.4 Å². The standard InChI is InChI=1S/C16H11ClO4/c17-10-3-1-9(2-4-10)8-21-11-5-6-12-13(7-11)15(19)16(20)14(12)18/h1-7,16,20H,8H2. The van der Waals surface area contributed by atoms with Crippen molar-refractivity contribution in [1.82, 2.24) is 0 Å². The minimum atomic E-state index is -1.58. The van der Waals surface area contributed by atoms with Crippen molar-refractivity contribution in [3.8, 4) is 5.75 Å². The number of rotatable bonds is 3. The number of ketones is 2. The molecule has 0 aromatic heterocycles. The summed E-state index contributed by atoms with van der Waals surface area (Å²) in [6.07, 6.45) is -1.58. The molecular formula is C16H11ClO4. The molecule has 3 rings (SSSR count). The van der Waals surface area contributed by atoms with Crippen LogP contribution in [0.1, 0.15) is 26.3 Å². The number of hydrogen-bond acceptors (Lipinski definition) is 4. The number of Topliss-reactive ketones (excluding diaryl/α,β-unsaturated/α-hetero) is 2. The Hall–Kier alpha value is -2.17. The average Bonchev–Trinajstić information content (AvgIpc) is 2.71. The fourth-order valence-corrected chi connectivity index (χ4v) is 2.32. The molecule has 1 aliphatic rings. The highest BCUT2D eigenvalue weighted by Gasteiger charge is 2.37. The van der Waals surface area contributed by atoms with Crippen molar-refractivity contribution >= 4 is 23.2 Å². The molecule has 0 fully saturated rings. The predicted molar refractivity (Wildman–Crippen MR) is 76.9 cm³/mol.